The number of hydrogen-bond donors (Lipinski definition) is 2. The molecule has 1 heterocycles. The van der Waals surface area contributed by atoms with E-state index in [-0.39, 0.29) is 0 Å². The lowest BCUT2D eigenvalue weighted by molar-refractivity contribution is 0.923. The predicted molar refractivity (Wildman–Crippen MR) is 107 cm³/mol. The maximum Gasteiger partial charge on any atom is 0.0722 e. The van der Waals surface area contributed by atoms with Gasteiger partial charge >= 0.3 is 0 Å². The molecule has 2 aromatic carbocycles. The van der Waals surface area contributed by atoms with Crippen LogP contribution in [0.25, 0.3) is 10.9 Å². The van der Waals surface area contributed by atoms with Crippen molar-refractivity contribution in [1.82, 2.24) is 4.98 Å². The van der Waals surface area contributed by atoms with Crippen molar-refractivity contribution in [1.29, 1.82) is 0 Å². The topological polar surface area (TPSA) is 37.0 Å². The summed E-state index contributed by atoms with van der Waals surface area (Å²) in [5.41, 5.74) is 4.68. The first-order valence-corrected chi connectivity index (χ1v) is 9.16. The fourth-order valence-electron chi connectivity index (χ4n) is 2.79. The van der Waals surface area contributed by atoms with Gasteiger partial charge in [0.25, 0.3) is 0 Å². The molecule has 0 spiro atoms. The molecule has 3 nitrogen and oxygen atoms in total. The van der Waals surface area contributed by atoms with Crippen molar-refractivity contribution in [2.24, 2.45) is 0 Å². The summed E-state index contributed by atoms with van der Waals surface area (Å²) >= 11 is 3.49. The van der Waals surface area contributed by atoms with Crippen molar-refractivity contribution < 1.29 is 0 Å². The Balaban J connectivity index is 1.65. The number of rotatable bonds is 7. The third-order valence-corrected chi connectivity index (χ3v) is 4.43. The Morgan fingerprint density at radius 2 is 1.88 bits per heavy atom. The van der Waals surface area contributed by atoms with E-state index in [1.54, 1.807) is 0 Å². The first-order valence-electron chi connectivity index (χ1n) is 8.37. The summed E-state index contributed by atoms with van der Waals surface area (Å²) in [7, 11) is 0. The lowest BCUT2D eigenvalue weighted by atomic mass is 10.1. The maximum absolute atomic E-state index is 4.47. The summed E-state index contributed by atoms with van der Waals surface area (Å²) in [6, 6.07) is 16.8. The van der Waals surface area contributed by atoms with Crippen molar-refractivity contribution in [3.63, 3.8) is 0 Å². The molecule has 0 saturated heterocycles. The van der Waals surface area contributed by atoms with Crippen LogP contribution < -0.4 is 10.6 Å². The predicted octanol–water partition coefficient (Wildman–Crippen LogP) is 5.47. The van der Waals surface area contributed by atoms with Gasteiger partial charge in [-0.1, -0.05) is 41.4 Å². The Bertz CT molecular complexity index is 817. The van der Waals surface area contributed by atoms with E-state index in [1.165, 1.54) is 10.9 Å². The van der Waals surface area contributed by atoms with E-state index < -0.39 is 0 Å². The van der Waals surface area contributed by atoms with Gasteiger partial charge in [-0.3, -0.25) is 4.98 Å². The zero-order chi connectivity index (χ0) is 16.8. The van der Waals surface area contributed by atoms with Crippen molar-refractivity contribution in [2.45, 2.75) is 19.8 Å². The molecule has 1 aromatic heterocycles. The molecule has 124 valence electrons. The molecule has 0 radical (unpaired) electrons. The number of anilines is 2. The molecule has 0 bridgehead atoms. The summed E-state index contributed by atoms with van der Waals surface area (Å²) in [4.78, 5) is 4.47. The van der Waals surface area contributed by atoms with Crippen LogP contribution in [0.1, 0.15) is 18.9 Å². The fourth-order valence-corrected chi connectivity index (χ4v) is 3.19. The quantitative estimate of drug-likeness (QED) is 0.530. The van der Waals surface area contributed by atoms with Crippen LogP contribution in [-0.2, 0) is 6.42 Å². The molecule has 0 atom stereocenters. The van der Waals surface area contributed by atoms with Gasteiger partial charge in [0.2, 0.25) is 0 Å². The first kappa shape index (κ1) is 16.8. The molecule has 0 aliphatic carbocycles. The largest absolute Gasteiger partial charge is 0.383 e. The summed E-state index contributed by atoms with van der Waals surface area (Å²) in [6.07, 6.45) is 4.13. The van der Waals surface area contributed by atoms with Gasteiger partial charge < -0.3 is 10.6 Å². The van der Waals surface area contributed by atoms with E-state index in [0.717, 1.165) is 47.3 Å². The minimum absolute atomic E-state index is 0.851. The fraction of sp³-hybridized carbons (Fsp3) is 0.250. The molecule has 0 saturated carbocycles. The Morgan fingerprint density at radius 1 is 1.00 bits per heavy atom. The summed E-state index contributed by atoms with van der Waals surface area (Å²) in [6.45, 7) is 3.92. The highest BCUT2D eigenvalue weighted by atomic mass is 79.9. The van der Waals surface area contributed by atoms with Crippen LogP contribution in [0, 0.1) is 0 Å². The van der Waals surface area contributed by atoms with Gasteiger partial charge in [0.1, 0.15) is 0 Å². The SMILES string of the molecule is CCCc1ccc2nccc(NCCNc3cccc(Br)c3)c2c1. The number of fused-ring (bicyclic) bond motifs is 1. The van der Waals surface area contributed by atoms with E-state index in [2.05, 4.69) is 74.9 Å². The number of halogens is 1. The number of hydrogen-bond acceptors (Lipinski definition) is 3. The normalized spacial score (nSPS) is 10.8. The van der Waals surface area contributed by atoms with E-state index in [1.807, 2.05) is 18.3 Å². The maximum atomic E-state index is 4.47. The standard InChI is InChI=1S/C20H22BrN3/c1-2-4-15-7-8-19-18(13-15)20(9-10-23-19)24-12-11-22-17-6-3-5-16(21)14-17/h3,5-10,13-14,22H,2,4,11-12H2,1H3,(H,23,24). The second-order valence-electron chi connectivity index (χ2n) is 5.82. The third-order valence-electron chi connectivity index (χ3n) is 3.94. The van der Waals surface area contributed by atoms with Crippen LogP contribution in [0.2, 0.25) is 0 Å². The number of nitrogens with zero attached hydrogens (tertiary/aromatic N) is 1. The van der Waals surface area contributed by atoms with Gasteiger partial charge in [-0.2, -0.15) is 0 Å². The molecule has 0 unspecified atom stereocenters. The lowest BCUT2D eigenvalue weighted by Gasteiger charge is -2.12. The Hall–Kier alpha value is -2.07. The Kier molecular flexibility index (Phi) is 5.70. The highest BCUT2D eigenvalue weighted by molar-refractivity contribution is 9.10. The minimum atomic E-state index is 0.851. The number of nitrogens with one attached hydrogen (secondary N) is 2. The highest BCUT2D eigenvalue weighted by Crippen LogP contribution is 2.23. The van der Waals surface area contributed by atoms with Gasteiger partial charge in [-0.05, 0) is 48.4 Å². The Labute approximate surface area is 151 Å². The van der Waals surface area contributed by atoms with Gasteiger partial charge in [-0.25, -0.2) is 0 Å². The van der Waals surface area contributed by atoms with Crippen molar-refractivity contribution in [3.8, 4) is 0 Å². The number of benzene rings is 2. The Morgan fingerprint density at radius 3 is 2.71 bits per heavy atom. The lowest BCUT2D eigenvalue weighted by Crippen LogP contribution is -2.13. The number of aromatic nitrogens is 1. The van der Waals surface area contributed by atoms with Gasteiger partial charge in [0.15, 0.2) is 0 Å². The van der Waals surface area contributed by atoms with Gasteiger partial charge in [0.05, 0.1) is 5.52 Å². The smallest absolute Gasteiger partial charge is 0.0722 e. The van der Waals surface area contributed by atoms with Crippen LogP contribution in [0.3, 0.4) is 0 Å². The molecular weight excluding hydrogens is 362 g/mol. The van der Waals surface area contributed by atoms with Crippen molar-refractivity contribution in [3.05, 3.63) is 64.8 Å². The van der Waals surface area contributed by atoms with E-state index in [0.29, 0.717) is 0 Å². The molecule has 3 rings (SSSR count). The van der Waals surface area contributed by atoms with E-state index in [9.17, 15) is 0 Å². The second kappa shape index (κ2) is 8.15. The zero-order valence-corrected chi connectivity index (χ0v) is 15.4. The molecule has 2 N–H and O–H groups in total. The first-order chi connectivity index (χ1) is 11.8. The second-order valence-corrected chi connectivity index (χ2v) is 6.74. The van der Waals surface area contributed by atoms with Crippen LogP contribution in [0.5, 0.6) is 0 Å². The summed E-state index contributed by atoms with van der Waals surface area (Å²) < 4.78 is 1.09. The average Bonchev–Trinajstić information content (AvgIpc) is 2.59. The molecule has 3 aromatic rings. The molecular formula is C20H22BrN3. The van der Waals surface area contributed by atoms with Crippen LogP contribution in [0.15, 0.2) is 59.2 Å². The van der Waals surface area contributed by atoms with Gasteiger partial charge in [0, 0.05) is 40.5 Å². The number of pyridine rings is 1. The molecule has 0 amide bonds. The van der Waals surface area contributed by atoms with Crippen LogP contribution >= 0.6 is 15.9 Å². The summed E-state index contributed by atoms with van der Waals surface area (Å²) in [5, 5.41) is 8.15. The third kappa shape index (κ3) is 4.26. The van der Waals surface area contributed by atoms with Gasteiger partial charge in [-0.15, -0.1) is 0 Å². The molecule has 0 aliphatic rings. The van der Waals surface area contributed by atoms with Crippen LogP contribution in [-0.4, -0.2) is 18.1 Å². The monoisotopic (exact) mass is 383 g/mol. The minimum Gasteiger partial charge on any atom is -0.383 e. The average molecular weight is 384 g/mol. The van der Waals surface area contributed by atoms with Crippen LogP contribution in [0.4, 0.5) is 11.4 Å². The highest BCUT2D eigenvalue weighted by Gasteiger charge is 2.03. The number of aryl methyl sites for hydroxylation is 1. The molecule has 24 heavy (non-hydrogen) atoms. The van der Waals surface area contributed by atoms with Crippen molar-refractivity contribution in [2.75, 3.05) is 23.7 Å². The molecule has 0 aliphatic heterocycles. The van der Waals surface area contributed by atoms with E-state index >= 15 is 0 Å². The van der Waals surface area contributed by atoms with E-state index in [4.69, 9.17) is 0 Å². The van der Waals surface area contributed by atoms with Crippen molar-refractivity contribution >= 4 is 38.2 Å². The summed E-state index contributed by atoms with van der Waals surface area (Å²) in [5.74, 6) is 0. The molecule has 4 heteroatoms. The zero-order valence-electron chi connectivity index (χ0n) is 13.8. The molecule has 0 fully saturated rings.